The quantitative estimate of drug-likeness (QED) is 0.538. The fourth-order valence-corrected chi connectivity index (χ4v) is 5.35. The lowest BCUT2D eigenvalue weighted by molar-refractivity contribution is -0.119. The zero-order valence-electron chi connectivity index (χ0n) is 20.1. The highest BCUT2D eigenvalue weighted by molar-refractivity contribution is 7.86. The van der Waals surface area contributed by atoms with Gasteiger partial charge >= 0.3 is 6.09 Å². The summed E-state index contributed by atoms with van der Waals surface area (Å²) in [6.07, 6.45) is -4.79. The number of cyclic esters (lactones) is 1. The molecule has 2 saturated heterocycles. The first-order valence-corrected chi connectivity index (χ1v) is 13.0. The van der Waals surface area contributed by atoms with Gasteiger partial charge in [0.25, 0.3) is 10.1 Å². The minimum atomic E-state index is -4.22. The van der Waals surface area contributed by atoms with Crippen LogP contribution in [0, 0.1) is 18.6 Å². The highest BCUT2D eigenvalue weighted by Crippen LogP contribution is 2.34. The molecule has 2 aliphatic rings. The number of rotatable bonds is 7. The van der Waals surface area contributed by atoms with Gasteiger partial charge in [0.15, 0.2) is 11.6 Å². The van der Waals surface area contributed by atoms with E-state index in [9.17, 15) is 22.4 Å². The maximum atomic E-state index is 15.0. The lowest BCUT2D eigenvalue weighted by Crippen LogP contribution is -2.47. The van der Waals surface area contributed by atoms with E-state index in [1.54, 1.807) is 19.1 Å². The van der Waals surface area contributed by atoms with Crippen LogP contribution in [-0.4, -0.2) is 65.0 Å². The Balaban J connectivity index is 1.43. The number of alkyl halides is 1. The molecule has 2 heterocycles. The smallest absolute Gasteiger partial charge is 0.414 e. The van der Waals surface area contributed by atoms with Gasteiger partial charge in [0.2, 0.25) is 5.91 Å². The van der Waals surface area contributed by atoms with Crippen molar-refractivity contribution >= 4 is 33.5 Å². The zero-order valence-corrected chi connectivity index (χ0v) is 20.9. The van der Waals surface area contributed by atoms with Crippen molar-refractivity contribution in [2.45, 2.75) is 43.5 Å². The average molecular weight is 542 g/mol. The van der Waals surface area contributed by atoms with Gasteiger partial charge in [-0.2, -0.15) is 8.42 Å². The minimum absolute atomic E-state index is 0.0257. The second kappa shape index (κ2) is 10.6. The Morgan fingerprint density at radius 1 is 1.16 bits per heavy atom. The van der Waals surface area contributed by atoms with E-state index in [0.29, 0.717) is 0 Å². The van der Waals surface area contributed by atoms with Crippen molar-refractivity contribution < 1.29 is 40.1 Å². The molecule has 0 saturated carbocycles. The number of carbonyl (C=O) groups is 2. The number of aryl methyl sites for hydroxylation is 1. The van der Waals surface area contributed by atoms with E-state index in [2.05, 4.69) is 5.32 Å². The van der Waals surface area contributed by atoms with Crippen molar-refractivity contribution in [3.63, 3.8) is 0 Å². The Kier molecular flexibility index (Phi) is 7.64. The van der Waals surface area contributed by atoms with Crippen molar-refractivity contribution in [2.75, 3.05) is 36.0 Å². The van der Waals surface area contributed by atoms with Crippen LogP contribution in [0.3, 0.4) is 0 Å². The number of ether oxygens (including phenoxy) is 1. The molecule has 0 aromatic heterocycles. The second-order valence-corrected chi connectivity index (χ2v) is 10.5. The fraction of sp³-hybridized carbons (Fsp3) is 0.417. The van der Waals surface area contributed by atoms with Crippen LogP contribution in [-0.2, 0) is 23.8 Å². The number of amides is 2. The van der Waals surface area contributed by atoms with Crippen molar-refractivity contribution in [1.82, 2.24) is 5.32 Å². The van der Waals surface area contributed by atoms with E-state index in [0.717, 1.165) is 27.5 Å². The molecular weight excluding hydrogens is 515 g/mol. The lowest BCUT2D eigenvalue weighted by Gasteiger charge is -2.36. The molecule has 2 aliphatic heterocycles. The molecule has 0 aliphatic carbocycles. The van der Waals surface area contributed by atoms with Gasteiger partial charge in [0.1, 0.15) is 24.1 Å². The molecule has 0 radical (unpaired) electrons. The van der Waals surface area contributed by atoms with E-state index < -0.39 is 58.5 Å². The molecular formula is C24H26F3N3O6S. The van der Waals surface area contributed by atoms with Crippen LogP contribution in [0.15, 0.2) is 41.3 Å². The van der Waals surface area contributed by atoms with Crippen molar-refractivity contribution in [3.8, 4) is 0 Å². The fourth-order valence-electron chi connectivity index (χ4n) is 4.22. The summed E-state index contributed by atoms with van der Waals surface area (Å²) in [5.41, 5.74) is 0.263. The topological polar surface area (TPSA) is 105 Å². The number of halogens is 3. The molecule has 1 N–H and O–H groups in total. The Morgan fingerprint density at radius 2 is 1.81 bits per heavy atom. The van der Waals surface area contributed by atoms with Gasteiger partial charge < -0.3 is 15.0 Å². The molecule has 2 amide bonds. The Bertz CT molecular complexity index is 1270. The maximum Gasteiger partial charge on any atom is 0.414 e. The maximum absolute atomic E-state index is 15.0. The number of piperidine rings is 1. The van der Waals surface area contributed by atoms with Crippen LogP contribution >= 0.6 is 0 Å². The lowest BCUT2D eigenvalue weighted by atomic mass is 10.0. The molecule has 2 aromatic rings. The molecule has 2 fully saturated rings. The predicted octanol–water partition coefficient (Wildman–Crippen LogP) is 3.06. The molecule has 9 nitrogen and oxygen atoms in total. The minimum Gasteiger partial charge on any atom is -0.442 e. The second-order valence-electron chi connectivity index (χ2n) is 8.96. The third-order valence-corrected chi connectivity index (χ3v) is 7.47. The normalized spacial score (nSPS) is 22.2. The van der Waals surface area contributed by atoms with Gasteiger partial charge in [-0.05, 0) is 25.5 Å². The monoisotopic (exact) mass is 541 g/mol. The average Bonchev–Trinajstić information content (AvgIpc) is 3.19. The first kappa shape index (κ1) is 26.7. The molecule has 2 aromatic carbocycles. The number of carbonyl (C=O) groups excluding carboxylic acids is 2. The van der Waals surface area contributed by atoms with E-state index in [1.807, 2.05) is 0 Å². The highest BCUT2D eigenvalue weighted by Gasteiger charge is 2.37. The molecule has 200 valence electrons. The summed E-state index contributed by atoms with van der Waals surface area (Å²) in [5.74, 6) is -2.36. The molecule has 4 rings (SSSR count). The predicted molar refractivity (Wildman–Crippen MR) is 128 cm³/mol. The first-order chi connectivity index (χ1) is 17.4. The van der Waals surface area contributed by atoms with Crippen LogP contribution in [0.4, 0.5) is 29.3 Å². The highest BCUT2D eigenvalue weighted by atomic mass is 32.2. The van der Waals surface area contributed by atoms with E-state index >= 15 is 8.78 Å². The molecule has 0 bridgehead atoms. The number of hydrogen-bond acceptors (Lipinski definition) is 7. The largest absolute Gasteiger partial charge is 0.442 e. The molecule has 13 heteroatoms. The summed E-state index contributed by atoms with van der Waals surface area (Å²) >= 11 is 0. The molecule has 2 unspecified atom stereocenters. The Labute approximate surface area is 212 Å². The summed E-state index contributed by atoms with van der Waals surface area (Å²) in [5, 5.41) is 2.51. The number of nitrogens with zero attached hydrogens (tertiary/aromatic N) is 2. The van der Waals surface area contributed by atoms with E-state index in [1.165, 1.54) is 19.1 Å². The third kappa shape index (κ3) is 5.99. The molecule has 37 heavy (non-hydrogen) atoms. The van der Waals surface area contributed by atoms with Crippen LogP contribution in [0.2, 0.25) is 0 Å². The van der Waals surface area contributed by atoms with Crippen molar-refractivity contribution in [2.24, 2.45) is 0 Å². The van der Waals surface area contributed by atoms with E-state index in [4.69, 9.17) is 8.92 Å². The summed E-state index contributed by atoms with van der Waals surface area (Å²) in [6, 6.07) is 7.78. The van der Waals surface area contributed by atoms with Crippen LogP contribution < -0.4 is 15.1 Å². The summed E-state index contributed by atoms with van der Waals surface area (Å²) in [7, 11) is -4.22. The molecule has 3 atom stereocenters. The van der Waals surface area contributed by atoms with Gasteiger partial charge in [-0.25, -0.2) is 18.0 Å². The van der Waals surface area contributed by atoms with Crippen LogP contribution in [0.5, 0.6) is 0 Å². The van der Waals surface area contributed by atoms with Crippen LogP contribution in [0.1, 0.15) is 18.9 Å². The zero-order chi connectivity index (χ0) is 26.9. The summed E-state index contributed by atoms with van der Waals surface area (Å²) in [6.45, 7) is 2.56. The Hall–Kier alpha value is -3.32. The summed E-state index contributed by atoms with van der Waals surface area (Å²) in [4.78, 5) is 25.3. The standard InChI is InChI=1S/C24H26F3N3O6S/c1-14-3-5-18(6-4-14)37(33,34)36-22-7-8-29(13-21(22)27)23-19(25)9-16(10-20(23)26)30-12-17(35-24(30)32)11-28-15(2)31/h3-6,9-10,17,21-22H,7-8,11-13H2,1-2H3,(H,28,31)/t17?,21-,22?/m0/s1. The van der Waals surface area contributed by atoms with Gasteiger partial charge in [0.05, 0.1) is 30.2 Å². The molecule has 0 spiro atoms. The van der Waals surface area contributed by atoms with Gasteiger partial charge in [-0.3, -0.25) is 13.9 Å². The number of benzene rings is 2. The Morgan fingerprint density at radius 3 is 2.41 bits per heavy atom. The first-order valence-electron chi connectivity index (χ1n) is 11.5. The third-order valence-electron chi connectivity index (χ3n) is 6.12. The van der Waals surface area contributed by atoms with Gasteiger partial charge in [-0.15, -0.1) is 0 Å². The van der Waals surface area contributed by atoms with Crippen molar-refractivity contribution in [1.29, 1.82) is 0 Å². The van der Waals surface area contributed by atoms with Crippen LogP contribution in [0.25, 0.3) is 0 Å². The van der Waals surface area contributed by atoms with Gasteiger partial charge in [0, 0.05) is 25.6 Å². The summed E-state index contributed by atoms with van der Waals surface area (Å²) < 4.78 is 80.2. The number of nitrogens with one attached hydrogen (secondary N) is 1. The number of anilines is 2. The van der Waals surface area contributed by atoms with Gasteiger partial charge in [-0.1, -0.05) is 17.7 Å². The SMILES string of the molecule is CC(=O)NCC1CN(c2cc(F)c(N3CCC(OS(=O)(=O)c4ccc(C)cc4)[C@@H](F)C3)c(F)c2)C(=O)O1. The van der Waals surface area contributed by atoms with Crippen molar-refractivity contribution in [3.05, 3.63) is 53.6 Å². The number of hydrogen-bond donors (Lipinski definition) is 1. The van der Waals surface area contributed by atoms with E-state index in [-0.39, 0.29) is 42.5 Å².